The number of amidine groups is 1. The van der Waals surface area contributed by atoms with E-state index >= 15 is 0 Å². The molecule has 2 saturated heterocycles. The zero-order chi connectivity index (χ0) is 26.9. The molecule has 0 aliphatic carbocycles. The topological polar surface area (TPSA) is 154 Å². The molecule has 4 heterocycles. The van der Waals surface area contributed by atoms with Crippen molar-refractivity contribution in [1.29, 1.82) is 0 Å². The molecule has 0 unspecified atom stereocenters. The Morgan fingerprint density at radius 1 is 1.18 bits per heavy atom. The van der Waals surface area contributed by atoms with Gasteiger partial charge in [-0.05, 0) is 29.8 Å². The highest BCUT2D eigenvalue weighted by Crippen LogP contribution is 2.28. The van der Waals surface area contributed by atoms with Crippen molar-refractivity contribution in [3.8, 4) is 17.6 Å². The summed E-state index contributed by atoms with van der Waals surface area (Å²) in [5.41, 5.74) is 0.424. The van der Waals surface area contributed by atoms with Crippen LogP contribution in [0.25, 0.3) is 0 Å². The lowest BCUT2D eigenvalue weighted by atomic mass is 9.99. The highest BCUT2D eigenvalue weighted by molar-refractivity contribution is 6.10. The molecule has 194 valence electrons. The van der Waals surface area contributed by atoms with Crippen LogP contribution in [0.2, 0.25) is 0 Å². The van der Waals surface area contributed by atoms with Gasteiger partial charge in [-0.3, -0.25) is 24.7 Å². The highest BCUT2D eigenvalue weighted by Gasteiger charge is 2.48. The van der Waals surface area contributed by atoms with E-state index in [2.05, 4.69) is 32.6 Å². The summed E-state index contributed by atoms with van der Waals surface area (Å²) in [6.07, 6.45) is 2.20. The fourth-order valence-electron chi connectivity index (χ4n) is 4.64. The first kappa shape index (κ1) is 24.8. The molecule has 3 aliphatic heterocycles. The molecular weight excluding hydrogens is 492 g/mol. The largest absolute Gasteiger partial charge is 0.497 e. The SMILES string of the molecule is COc1ccc2c(c1)C(=O)N(C[C@@]1(C#Cc3ccc(/C(=N\O)N4CCC(=O)CC4)nc3)NC(=O)NC1=O)C2. The van der Waals surface area contributed by atoms with Gasteiger partial charge in [0.1, 0.15) is 17.2 Å². The van der Waals surface area contributed by atoms with Gasteiger partial charge in [0.2, 0.25) is 5.54 Å². The summed E-state index contributed by atoms with van der Waals surface area (Å²) in [7, 11) is 1.51. The molecule has 3 N–H and O–H groups in total. The molecule has 1 aromatic carbocycles. The summed E-state index contributed by atoms with van der Waals surface area (Å²) >= 11 is 0. The average molecular weight is 517 g/mol. The van der Waals surface area contributed by atoms with Crippen LogP contribution in [0.5, 0.6) is 5.75 Å². The number of rotatable bonds is 4. The van der Waals surface area contributed by atoms with Crippen LogP contribution in [0, 0.1) is 11.8 Å². The summed E-state index contributed by atoms with van der Waals surface area (Å²) in [6.45, 7) is 0.968. The fraction of sp³-hybridized carbons (Fsp3) is 0.308. The smallest absolute Gasteiger partial charge is 0.323 e. The molecule has 5 rings (SSSR count). The van der Waals surface area contributed by atoms with Gasteiger partial charge in [0, 0.05) is 49.8 Å². The molecule has 12 nitrogen and oxygen atoms in total. The van der Waals surface area contributed by atoms with Crippen molar-refractivity contribution >= 4 is 29.5 Å². The minimum Gasteiger partial charge on any atom is -0.497 e. The number of nitrogens with one attached hydrogen (secondary N) is 2. The predicted molar refractivity (Wildman–Crippen MR) is 132 cm³/mol. The number of fused-ring (bicyclic) bond motifs is 1. The van der Waals surface area contributed by atoms with Crippen molar-refractivity contribution in [3.63, 3.8) is 0 Å². The van der Waals surface area contributed by atoms with Gasteiger partial charge < -0.3 is 25.1 Å². The van der Waals surface area contributed by atoms with Gasteiger partial charge in [-0.1, -0.05) is 23.1 Å². The van der Waals surface area contributed by atoms with Crippen molar-refractivity contribution in [2.45, 2.75) is 24.9 Å². The number of Topliss-reactive ketones (excluding diaryl/α,β-unsaturated/α-hetero) is 1. The number of hydrogen-bond acceptors (Lipinski definition) is 8. The molecule has 1 aromatic heterocycles. The van der Waals surface area contributed by atoms with Crippen LogP contribution < -0.4 is 15.4 Å². The molecule has 0 saturated carbocycles. The number of piperidine rings is 1. The Balaban J connectivity index is 1.36. The number of methoxy groups -OCH3 is 1. The zero-order valence-electron chi connectivity index (χ0n) is 20.5. The number of nitrogens with zero attached hydrogens (tertiary/aromatic N) is 4. The second-order valence-corrected chi connectivity index (χ2v) is 9.13. The van der Waals surface area contributed by atoms with E-state index in [1.54, 1.807) is 35.2 Å². The maximum absolute atomic E-state index is 13.0. The Kier molecular flexibility index (Phi) is 6.42. The van der Waals surface area contributed by atoms with Crippen LogP contribution in [-0.2, 0) is 16.1 Å². The van der Waals surface area contributed by atoms with Crippen molar-refractivity contribution in [2.75, 3.05) is 26.7 Å². The summed E-state index contributed by atoms with van der Waals surface area (Å²) < 4.78 is 5.21. The van der Waals surface area contributed by atoms with Crippen LogP contribution >= 0.6 is 0 Å². The minimum atomic E-state index is -1.66. The third kappa shape index (κ3) is 4.61. The van der Waals surface area contributed by atoms with E-state index in [0.717, 1.165) is 5.56 Å². The van der Waals surface area contributed by atoms with Gasteiger partial charge in [0.15, 0.2) is 5.84 Å². The fourth-order valence-corrected chi connectivity index (χ4v) is 4.64. The first-order valence-corrected chi connectivity index (χ1v) is 11.9. The highest BCUT2D eigenvalue weighted by atomic mass is 16.5. The second kappa shape index (κ2) is 9.85. The second-order valence-electron chi connectivity index (χ2n) is 9.13. The molecule has 2 aromatic rings. The van der Waals surface area contributed by atoms with Gasteiger partial charge in [-0.2, -0.15) is 0 Å². The van der Waals surface area contributed by atoms with Gasteiger partial charge in [-0.15, -0.1) is 0 Å². The number of amides is 4. The number of aromatic nitrogens is 1. The van der Waals surface area contributed by atoms with E-state index in [-0.39, 0.29) is 30.6 Å². The molecule has 3 aliphatic rings. The first-order valence-electron chi connectivity index (χ1n) is 11.9. The molecule has 38 heavy (non-hydrogen) atoms. The lowest BCUT2D eigenvalue weighted by Crippen LogP contribution is -2.54. The van der Waals surface area contributed by atoms with E-state index in [1.807, 2.05) is 0 Å². The third-order valence-corrected chi connectivity index (χ3v) is 6.69. The number of imide groups is 1. The molecule has 0 spiro atoms. The molecule has 0 bridgehead atoms. The van der Waals surface area contributed by atoms with Crippen LogP contribution in [0.15, 0.2) is 41.7 Å². The van der Waals surface area contributed by atoms with Crippen molar-refractivity contribution < 1.29 is 29.1 Å². The van der Waals surface area contributed by atoms with Gasteiger partial charge in [-0.25, -0.2) is 4.79 Å². The van der Waals surface area contributed by atoms with E-state index in [0.29, 0.717) is 48.5 Å². The van der Waals surface area contributed by atoms with Gasteiger partial charge >= 0.3 is 6.03 Å². The number of carbonyl (C=O) groups excluding carboxylic acids is 4. The number of ether oxygens (including phenoxy) is 1. The monoisotopic (exact) mass is 516 g/mol. The number of pyridine rings is 1. The van der Waals surface area contributed by atoms with Crippen LogP contribution in [0.3, 0.4) is 0 Å². The number of oxime groups is 1. The molecule has 2 fully saturated rings. The van der Waals surface area contributed by atoms with Gasteiger partial charge in [0.05, 0.1) is 13.7 Å². The van der Waals surface area contributed by atoms with Crippen molar-refractivity contribution in [3.05, 3.63) is 58.9 Å². The molecule has 12 heteroatoms. The molecule has 1 atom stereocenters. The molecular formula is C26H24N6O6. The van der Waals surface area contributed by atoms with E-state index in [4.69, 9.17) is 4.74 Å². The Labute approximate surface area is 217 Å². The number of hydrogen-bond donors (Lipinski definition) is 3. The summed E-state index contributed by atoms with van der Waals surface area (Å²) in [5, 5.41) is 17.7. The first-order chi connectivity index (χ1) is 18.3. The third-order valence-electron chi connectivity index (χ3n) is 6.69. The summed E-state index contributed by atoms with van der Waals surface area (Å²) in [4.78, 5) is 57.0. The zero-order valence-corrected chi connectivity index (χ0v) is 20.5. The minimum absolute atomic E-state index is 0.159. The summed E-state index contributed by atoms with van der Waals surface area (Å²) in [6, 6.07) is 7.74. The Bertz CT molecular complexity index is 1420. The number of likely N-dealkylation sites (tertiary alicyclic amines) is 1. The standard InChI is InChI=1S/C26H24N6O6/c1-38-19-4-3-17-14-32(23(34)20(17)12-19)15-26(24(35)28-25(36)29-26)9-6-16-2-5-21(27-13-16)22(30-37)31-10-7-18(33)8-11-31/h2-5,12-13,37H,7-8,10-11,14-15H2,1H3,(H2,28,29,35,36)/b30-22+/t26-/m1/s1. The van der Waals surface area contributed by atoms with Crippen LogP contribution in [-0.4, -0.2) is 81.7 Å². The normalized spacial score (nSPS) is 21.0. The summed E-state index contributed by atoms with van der Waals surface area (Å²) in [5.74, 6) is 5.71. The predicted octanol–water partition coefficient (Wildman–Crippen LogP) is 0.477. The average Bonchev–Trinajstić information content (AvgIpc) is 3.38. The van der Waals surface area contributed by atoms with Crippen LogP contribution in [0.1, 0.15) is 40.0 Å². The van der Waals surface area contributed by atoms with E-state index < -0.39 is 17.5 Å². The van der Waals surface area contributed by atoms with Crippen molar-refractivity contribution in [1.82, 2.24) is 25.4 Å². The Morgan fingerprint density at radius 3 is 2.61 bits per heavy atom. The van der Waals surface area contributed by atoms with E-state index in [9.17, 15) is 24.4 Å². The Hall–Kier alpha value is -4.92. The van der Waals surface area contributed by atoms with E-state index in [1.165, 1.54) is 18.2 Å². The molecule has 4 amide bonds. The quantitative estimate of drug-likeness (QED) is 0.132. The molecule has 0 radical (unpaired) electrons. The maximum Gasteiger partial charge on any atom is 0.323 e. The number of urea groups is 1. The Morgan fingerprint density at radius 2 is 1.97 bits per heavy atom. The number of ketones is 1. The van der Waals surface area contributed by atoms with Crippen LogP contribution in [0.4, 0.5) is 4.79 Å². The lowest BCUT2D eigenvalue weighted by Gasteiger charge is -2.27. The number of carbonyl (C=O) groups is 4. The lowest BCUT2D eigenvalue weighted by molar-refractivity contribution is -0.122. The van der Waals surface area contributed by atoms with Crippen molar-refractivity contribution in [2.24, 2.45) is 5.16 Å². The number of benzene rings is 1. The van der Waals surface area contributed by atoms with Gasteiger partial charge in [0.25, 0.3) is 11.8 Å². The maximum atomic E-state index is 13.0.